The highest BCUT2D eigenvalue weighted by Crippen LogP contribution is 2.23. The van der Waals surface area contributed by atoms with Crippen molar-refractivity contribution in [3.8, 4) is 0 Å². The van der Waals surface area contributed by atoms with Crippen LogP contribution in [0.3, 0.4) is 0 Å². The number of amides is 1. The summed E-state index contributed by atoms with van der Waals surface area (Å²) in [7, 11) is -3.53. The van der Waals surface area contributed by atoms with E-state index in [1.807, 2.05) is 0 Å². The van der Waals surface area contributed by atoms with E-state index in [2.05, 4.69) is 11.6 Å². The Morgan fingerprint density at radius 3 is 2.67 bits per heavy atom. The van der Waals surface area contributed by atoms with Gasteiger partial charge in [0.15, 0.2) is 14.6 Å². The summed E-state index contributed by atoms with van der Waals surface area (Å²) < 4.78 is 27.1. The van der Waals surface area contributed by atoms with Crippen LogP contribution < -0.4 is 4.80 Å². The molecule has 0 N–H and O–H groups in total. The van der Waals surface area contributed by atoms with E-state index >= 15 is 0 Å². The van der Waals surface area contributed by atoms with E-state index in [-0.39, 0.29) is 16.1 Å². The normalized spacial score (nSPS) is 12.4. The summed E-state index contributed by atoms with van der Waals surface area (Å²) in [5, 5.41) is 10.4. The SMILES string of the molecule is C=CCn1c(=NC(=O)c2cccc(S(=O)(=O)C(C)C)c2)sc2cc([N+](=O)[O-])ccc21. The second-order valence-corrected chi connectivity index (χ2v) is 10.2. The van der Waals surface area contributed by atoms with Crippen LogP contribution in [0.1, 0.15) is 24.2 Å². The van der Waals surface area contributed by atoms with Crippen molar-refractivity contribution in [2.75, 3.05) is 0 Å². The van der Waals surface area contributed by atoms with Crippen molar-refractivity contribution >= 4 is 43.0 Å². The lowest BCUT2D eigenvalue weighted by atomic mass is 10.2. The molecule has 3 aromatic rings. The van der Waals surface area contributed by atoms with Gasteiger partial charge < -0.3 is 4.57 Å². The standard InChI is InChI=1S/C20H19N3O5S2/c1-4-10-22-17-9-8-15(23(25)26)12-18(17)29-20(22)21-19(24)14-6-5-7-16(11-14)30(27,28)13(2)3/h4-9,11-13H,1,10H2,2-3H3. The van der Waals surface area contributed by atoms with Gasteiger partial charge in [0, 0.05) is 24.2 Å². The molecule has 0 atom stereocenters. The number of carbonyl (C=O) groups excluding carboxylic acids is 1. The number of hydrogen-bond donors (Lipinski definition) is 0. The highest BCUT2D eigenvalue weighted by molar-refractivity contribution is 7.92. The monoisotopic (exact) mass is 445 g/mol. The van der Waals surface area contributed by atoms with Crippen LogP contribution in [0.25, 0.3) is 10.2 Å². The molecule has 0 spiro atoms. The highest BCUT2D eigenvalue weighted by Gasteiger charge is 2.20. The number of nitro benzene ring substituents is 1. The van der Waals surface area contributed by atoms with Crippen molar-refractivity contribution < 1.29 is 18.1 Å². The van der Waals surface area contributed by atoms with Crippen LogP contribution in [0.4, 0.5) is 5.69 Å². The van der Waals surface area contributed by atoms with E-state index in [9.17, 15) is 23.3 Å². The second-order valence-electron chi connectivity index (χ2n) is 6.73. The number of carbonyl (C=O) groups is 1. The molecule has 0 fully saturated rings. The minimum absolute atomic E-state index is 0.0565. The van der Waals surface area contributed by atoms with Crippen molar-refractivity contribution in [2.45, 2.75) is 30.5 Å². The van der Waals surface area contributed by atoms with E-state index < -0.39 is 25.9 Å². The maximum Gasteiger partial charge on any atom is 0.279 e. The third-order valence-corrected chi connectivity index (χ3v) is 7.61. The summed E-state index contributed by atoms with van der Waals surface area (Å²) in [5.74, 6) is -0.602. The van der Waals surface area contributed by atoms with E-state index in [1.54, 1.807) is 30.6 Å². The zero-order chi connectivity index (χ0) is 22.1. The fourth-order valence-corrected chi connectivity index (χ4v) is 4.97. The lowest BCUT2D eigenvalue weighted by Crippen LogP contribution is -2.17. The van der Waals surface area contributed by atoms with Crippen molar-refractivity contribution in [1.82, 2.24) is 4.57 Å². The zero-order valence-electron chi connectivity index (χ0n) is 16.3. The number of benzene rings is 2. The molecular formula is C20H19N3O5S2. The molecule has 8 nitrogen and oxygen atoms in total. The molecule has 0 saturated heterocycles. The second kappa shape index (κ2) is 8.33. The Bertz CT molecular complexity index is 1330. The summed E-state index contributed by atoms with van der Waals surface area (Å²) in [5.41, 5.74) is 0.775. The molecule has 156 valence electrons. The van der Waals surface area contributed by atoms with Gasteiger partial charge in [0.2, 0.25) is 0 Å². The van der Waals surface area contributed by atoms with Crippen LogP contribution in [-0.4, -0.2) is 29.1 Å². The van der Waals surface area contributed by atoms with Gasteiger partial charge >= 0.3 is 0 Å². The van der Waals surface area contributed by atoms with Gasteiger partial charge in [-0.15, -0.1) is 6.58 Å². The molecule has 0 bridgehead atoms. The number of thiazole rings is 1. The number of rotatable bonds is 6. The van der Waals surface area contributed by atoms with Crippen LogP contribution in [-0.2, 0) is 16.4 Å². The molecule has 2 aromatic carbocycles. The van der Waals surface area contributed by atoms with E-state index in [4.69, 9.17) is 0 Å². The minimum atomic E-state index is -3.53. The van der Waals surface area contributed by atoms with Gasteiger partial charge in [0.05, 0.1) is 25.3 Å². The molecule has 0 aliphatic heterocycles. The van der Waals surface area contributed by atoms with Gasteiger partial charge in [-0.2, -0.15) is 4.99 Å². The average Bonchev–Trinajstić information content (AvgIpc) is 3.04. The van der Waals surface area contributed by atoms with Gasteiger partial charge in [-0.3, -0.25) is 14.9 Å². The van der Waals surface area contributed by atoms with Crippen molar-refractivity contribution in [3.05, 3.63) is 75.6 Å². The number of sulfone groups is 1. The van der Waals surface area contributed by atoms with Gasteiger partial charge in [0.25, 0.3) is 11.6 Å². The molecule has 1 aromatic heterocycles. The zero-order valence-corrected chi connectivity index (χ0v) is 17.9. The van der Waals surface area contributed by atoms with Crippen LogP contribution in [0.15, 0.2) is 65.0 Å². The van der Waals surface area contributed by atoms with Crippen LogP contribution >= 0.6 is 11.3 Å². The third-order valence-electron chi connectivity index (χ3n) is 4.42. The summed E-state index contributed by atoms with van der Waals surface area (Å²) in [6.07, 6.45) is 1.63. The maximum atomic E-state index is 12.8. The fraction of sp³-hybridized carbons (Fsp3) is 0.200. The van der Waals surface area contributed by atoms with Crippen LogP contribution in [0, 0.1) is 10.1 Å². The van der Waals surface area contributed by atoms with Crippen LogP contribution in [0.2, 0.25) is 0 Å². The van der Waals surface area contributed by atoms with Crippen molar-refractivity contribution in [2.24, 2.45) is 4.99 Å². The molecule has 10 heteroatoms. The Labute approximate surface area is 176 Å². The van der Waals surface area contributed by atoms with E-state index in [0.717, 1.165) is 11.3 Å². The summed E-state index contributed by atoms with van der Waals surface area (Å²) in [6, 6.07) is 10.2. The molecule has 0 unspecified atom stereocenters. The highest BCUT2D eigenvalue weighted by atomic mass is 32.2. The molecule has 1 amide bonds. The van der Waals surface area contributed by atoms with Gasteiger partial charge in [-0.05, 0) is 38.1 Å². The summed E-state index contributed by atoms with van der Waals surface area (Å²) in [4.78, 5) is 27.9. The Morgan fingerprint density at radius 1 is 1.30 bits per heavy atom. The third kappa shape index (κ3) is 4.10. The topological polar surface area (TPSA) is 112 Å². The average molecular weight is 446 g/mol. The molecule has 0 aliphatic rings. The number of allylic oxidation sites excluding steroid dienone is 1. The van der Waals surface area contributed by atoms with Crippen molar-refractivity contribution in [3.63, 3.8) is 0 Å². The molecule has 1 heterocycles. The molecule has 3 rings (SSSR count). The summed E-state index contributed by atoms with van der Waals surface area (Å²) in [6.45, 7) is 7.20. The molecule has 0 saturated carbocycles. The largest absolute Gasteiger partial charge is 0.312 e. The number of fused-ring (bicyclic) bond motifs is 1. The fourth-order valence-electron chi connectivity index (χ4n) is 2.80. The number of nitrogens with zero attached hydrogens (tertiary/aromatic N) is 3. The van der Waals surface area contributed by atoms with Crippen molar-refractivity contribution in [1.29, 1.82) is 0 Å². The molecular weight excluding hydrogens is 426 g/mol. The summed E-state index contributed by atoms with van der Waals surface area (Å²) >= 11 is 1.14. The molecule has 0 radical (unpaired) electrons. The van der Waals surface area contributed by atoms with Gasteiger partial charge in [-0.1, -0.05) is 23.5 Å². The first-order valence-corrected chi connectivity index (χ1v) is 11.3. The lowest BCUT2D eigenvalue weighted by molar-refractivity contribution is -0.384. The maximum absolute atomic E-state index is 12.8. The smallest absolute Gasteiger partial charge is 0.279 e. The predicted octanol–water partition coefficient (Wildman–Crippen LogP) is 3.72. The minimum Gasteiger partial charge on any atom is -0.312 e. The first kappa shape index (κ1) is 21.6. The van der Waals surface area contributed by atoms with Gasteiger partial charge in [0.1, 0.15) is 0 Å². The number of aromatic nitrogens is 1. The Hall–Kier alpha value is -3.11. The predicted molar refractivity (Wildman–Crippen MR) is 115 cm³/mol. The van der Waals surface area contributed by atoms with E-state index in [1.165, 1.54) is 36.4 Å². The number of hydrogen-bond acceptors (Lipinski definition) is 6. The van der Waals surface area contributed by atoms with E-state index in [0.29, 0.717) is 21.6 Å². The Balaban J connectivity index is 2.12. The Morgan fingerprint density at radius 2 is 2.03 bits per heavy atom. The lowest BCUT2D eigenvalue weighted by Gasteiger charge is -2.08. The first-order chi connectivity index (χ1) is 14.1. The van der Waals surface area contributed by atoms with Crippen LogP contribution in [0.5, 0.6) is 0 Å². The quantitative estimate of drug-likeness (QED) is 0.326. The first-order valence-electron chi connectivity index (χ1n) is 8.97. The number of non-ortho nitro benzene ring substituents is 1. The molecule has 30 heavy (non-hydrogen) atoms. The Kier molecular flexibility index (Phi) is 5.99. The molecule has 0 aliphatic carbocycles. The van der Waals surface area contributed by atoms with Gasteiger partial charge in [-0.25, -0.2) is 8.42 Å². The number of nitro groups is 1.